The molecule has 0 saturated carbocycles. The Kier molecular flexibility index (Phi) is 5.75. The number of carbonyl (C=O) groups excluding carboxylic acids is 1. The Morgan fingerprint density at radius 2 is 2.10 bits per heavy atom. The molecule has 0 saturated heterocycles. The van der Waals surface area contributed by atoms with Crippen molar-refractivity contribution in [2.24, 2.45) is 5.73 Å². The first kappa shape index (κ1) is 16.2. The zero-order valence-electron chi connectivity index (χ0n) is 11.0. The van der Waals surface area contributed by atoms with Crippen LogP contribution in [0.3, 0.4) is 0 Å². The fraction of sp³-hybridized carbons (Fsp3) is 0.500. The van der Waals surface area contributed by atoms with Gasteiger partial charge < -0.3 is 15.8 Å². The molecule has 0 atom stereocenters. The molecule has 0 fully saturated rings. The first-order valence-corrected chi connectivity index (χ1v) is 6.07. The fourth-order valence-corrected chi connectivity index (χ4v) is 1.42. The number of hydrogen-bond acceptors (Lipinski definition) is 4. The molecule has 1 amide bonds. The first-order valence-electron chi connectivity index (χ1n) is 6.07. The van der Waals surface area contributed by atoms with E-state index in [-0.39, 0.29) is 12.2 Å². The van der Waals surface area contributed by atoms with Crippen LogP contribution < -0.4 is 15.8 Å². The van der Waals surface area contributed by atoms with Crippen LogP contribution in [0.1, 0.15) is 29.4 Å². The van der Waals surface area contributed by atoms with E-state index >= 15 is 0 Å². The molecule has 8 heteroatoms. The molecule has 0 bridgehead atoms. The molecule has 0 spiro atoms. The number of rotatable bonds is 7. The van der Waals surface area contributed by atoms with Crippen molar-refractivity contribution in [1.82, 2.24) is 10.3 Å². The van der Waals surface area contributed by atoms with Crippen molar-refractivity contribution in [3.05, 3.63) is 23.4 Å². The molecule has 1 rings (SSSR count). The highest BCUT2D eigenvalue weighted by molar-refractivity contribution is 5.95. The van der Waals surface area contributed by atoms with Gasteiger partial charge in [-0.25, -0.2) is 4.98 Å². The third kappa shape index (κ3) is 4.69. The Labute approximate surface area is 114 Å². The van der Waals surface area contributed by atoms with Gasteiger partial charge in [0.15, 0.2) is 0 Å². The molecule has 20 heavy (non-hydrogen) atoms. The molecular weight excluding hydrogens is 275 g/mol. The number of amides is 1. The van der Waals surface area contributed by atoms with Gasteiger partial charge in [0.2, 0.25) is 5.88 Å². The van der Waals surface area contributed by atoms with E-state index in [1.807, 2.05) is 6.92 Å². The Hall–Kier alpha value is -1.83. The molecule has 0 radical (unpaired) electrons. The molecular formula is C12H16F3N3O2. The van der Waals surface area contributed by atoms with E-state index in [0.29, 0.717) is 12.6 Å². The van der Waals surface area contributed by atoms with Gasteiger partial charge in [-0.05, 0) is 25.1 Å². The maximum absolute atomic E-state index is 12.5. The van der Waals surface area contributed by atoms with E-state index in [0.717, 1.165) is 19.0 Å². The predicted octanol–water partition coefficient (Wildman–Crippen LogP) is 1.58. The molecule has 0 aliphatic rings. The van der Waals surface area contributed by atoms with Crippen molar-refractivity contribution in [2.75, 3.05) is 19.7 Å². The predicted molar refractivity (Wildman–Crippen MR) is 66.4 cm³/mol. The smallest absolute Gasteiger partial charge is 0.433 e. The Morgan fingerprint density at radius 1 is 1.40 bits per heavy atom. The van der Waals surface area contributed by atoms with Crippen molar-refractivity contribution in [2.45, 2.75) is 19.5 Å². The summed E-state index contributed by atoms with van der Waals surface area (Å²) in [6.07, 6.45) is -3.68. The zero-order chi connectivity index (χ0) is 15.2. The molecule has 1 aromatic rings. The third-order valence-electron chi connectivity index (χ3n) is 2.36. The number of carbonyl (C=O) groups is 1. The number of nitrogens with zero attached hydrogens (tertiary/aromatic N) is 1. The van der Waals surface area contributed by atoms with Gasteiger partial charge in [-0.1, -0.05) is 6.92 Å². The van der Waals surface area contributed by atoms with Gasteiger partial charge in [0.05, 0.1) is 0 Å². The summed E-state index contributed by atoms with van der Waals surface area (Å²) in [5.74, 6) is -1.28. The van der Waals surface area contributed by atoms with Crippen molar-refractivity contribution >= 4 is 5.91 Å². The summed E-state index contributed by atoms with van der Waals surface area (Å²) in [5, 5.41) is 3.01. The average Bonchev–Trinajstić information content (AvgIpc) is 2.37. The quantitative estimate of drug-likeness (QED) is 0.748. The topological polar surface area (TPSA) is 77.2 Å². The first-order chi connectivity index (χ1) is 9.36. The fourth-order valence-electron chi connectivity index (χ4n) is 1.42. The lowest BCUT2D eigenvalue weighted by molar-refractivity contribution is -0.141. The summed E-state index contributed by atoms with van der Waals surface area (Å²) in [7, 11) is 0. The van der Waals surface area contributed by atoms with Gasteiger partial charge in [-0.3, -0.25) is 4.79 Å². The van der Waals surface area contributed by atoms with E-state index in [2.05, 4.69) is 10.3 Å². The van der Waals surface area contributed by atoms with E-state index in [9.17, 15) is 18.0 Å². The SMILES string of the molecule is CCCNCCOc1nc(C(F)(F)F)ccc1C(N)=O. The number of alkyl halides is 3. The molecule has 1 heterocycles. The lowest BCUT2D eigenvalue weighted by atomic mass is 10.2. The highest BCUT2D eigenvalue weighted by Gasteiger charge is 2.33. The van der Waals surface area contributed by atoms with Crippen LogP contribution in [0.2, 0.25) is 0 Å². The Balaban J connectivity index is 2.81. The van der Waals surface area contributed by atoms with Crippen LogP contribution in [0.25, 0.3) is 0 Å². The number of nitrogens with one attached hydrogen (secondary N) is 1. The largest absolute Gasteiger partial charge is 0.476 e. The summed E-state index contributed by atoms with van der Waals surface area (Å²) >= 11 is 0. The molecule has 5 nitrogen and oxygen atoms in total. The number of hydrogen-bond donors (Lipinski definition) is 2. The second kappa shape index (κ2) is 7.09. The zero-order valence-corrected chi connectivity index (χ0v) is 11.0. The minimum absolute atomic E-state index is 0.0919. The maximum atomic E-state index is 12.5. The molecule has 0 aromatic carbocycles. The highest BCUT2D eigenvalue weighted by atomic mass is 19.4. The van der Waals surface area contributed by atoms with Crippen molar-refractivity contribution in [1.29, 1.82) is 0 Å². The minimum Gasteiger partial charge on any atom is -0.476 e. The summed E-state index contributed by atoms with van der Waals surface area (Å²) < 4.78 is 42.7. The number of aromatic nitrogens is 1. The monoisotopic (exact) mass is 291 g/mol. The van der Waals surface area contributed by atoms with Gasteiger partial charge in [-0.15, -0.1) is 0 Å². The van der Waals surface area contributed by atoms with Crippen molar-refractivity contribution in [3.8, 4) is 5.88 Å². The van der Waals surface area contributed by atoms with Crippen LogP contribution in [-0.4, -0.2) is 30.6 Å². The molecule has 1 aromatic heterocycles. The van der Waals surface area contributed by atoms with Gasteiger partial charge in [0.1, 0.15) is 17.9 Å². The third-order valence-corrected chi connectivity index (χ3v) is 2.36. The van der Waals surface area contributed by atoms with E-state index < -0.39 is 23.7 Å². The Morgan fingerprint density at radius 3 is 2.65 bits per heavy atom. The van der Waals surface area contributed by atoms with Crippen LogP contribution in [0, 0.1) is 0 Å². The van der Waals surface area contributed by atoms with Crippen LogP contribution in [0.4, 0.5) is 13.2 Å². The van der Waals surface area contributed by atoms with Gasteiger partial charge in [0, 0.05) is 6.54 Å². The van der Waals surface area contributed by atoms with E-state index in [1.165, 1.54) is 0 Å². The normalized spacial score (nSPS) is 11.4. The standard InChI is InChI=1S/C12H16F3N3O2/c1-2-5-17-6-7-20-11-8(10(16)19)3-4-9(18-11)12(13,14)15/h3-4,17H,2,5-7H2,1H3,(H2,16,19). The van der Waals surface area contributed by atoms with Crippen LogP contribution in [0.5, 0.6) is 5.88 Å². The molecule has 0 unspecified atom stereocenters. The van der Waals surface area contributed by atoms with Gasteiger partial charge >= 0.3 is 6.18 Å². The molecule has 112 valence electrons. The molecule has 0 aliphatic carbocycles. The summed E-state index contributed by atoms with van der Waals surface area (Å²) in [5.41, 5.74) is 3.77. The highest BCUT2D eigenvalue weighted by Crippen LogP contribution is 2.30. The molecule has 0 aliphatic heterocycles. The second-order valence-electron chi connectivity index (χ2n) is 4.01. The Bertz CT molecular complexity index is 464. The second-order valence-corrected chi connectivity index (χ2v) is 4.01. The summed E-state index contributed by atoms with van der Waals surface area (Å²) in [6.45, 7) is 3.27. The van der Waals surface area contributed by atoms with Gasteiger partial charge in [-0.2, -0.15) is 13.2 Å². The van der Waals surface area contributed by atoms with Crippen molar-refractivity contribution < 1.29 is 22.7 Å². The van der Waals surface area contributed by atoms with Crippen molar-refractivity contribution in [3.63, 3.8) is 0 Å². The number of nitrogens with two attached hydrogens (primary N) is 1. The minimum atomic E-state index is -4.60. The lowest BCUT2D eigenvalue weighted by Gasteiger charge is -2.12. The number of pyridine rings is 1. The molecule has 3 N–H and O–H groups in total. The van der Waals surface area contributed by atoms with Crippen LogP contribution >= 0.6 is 0 Å². The summed E-state index contributed by atoms with van der Waals surface area (Å²) in [6, 6.07) is 1.66. The number of primary amides is 1. The number of ether oxygens (including phenoxy) is 1. The van der Waals surface area contributed by atoms with Crippen LogP contribution in [-0.2, 0) is 6.18 Å². The van der Waals surface area contributed by atoms with Crippen LogP contribution in [0.15, 0.2) is 12.1 Å². The van der Waals surface area contributed by atoms with E-state index in [4.69, 9.17) is 10.5 Å². The number of halogens is 3. The average molecular weight is 291 g/mol. The van der Waals surface area contributed by atoms with E-state index in [1.54, 1.807) is 0 Å². The van der Waals surface area contributed by atoms with Gasteiger partial charge in [0.25, 0.3) is 5.91 Å². The lowest BCUT2D eigenvalue weighted by Crippen LogP contribution is -2.23. The summed E-state index contributed by atoms with van der Waals surface area (Å²) in [4.78, 5) is 14.4. The maximum Gasteiger partial charge on any atom is 0.433 e.